The number of nitrogens with zero attached hydrogens (tertiary/aromatic N) is 2. The number of para-hydroxylation sites is 2. The van der Waals surface area contributed by atoms with E-state index in [4.69, 9.17) is 9.47 Å². The van der Waals surface area contributed by atoms with Crippen LogP contribution >= 0.6 is 0 Å². The molecule has 0 aliphatic carbocycles. The molecule has 0 aliphatic rings. The molecule has 22 heavy (non-hydrogen) atoms. The maximum absolute atomic E-state index is 13.4. The second-order valence-corrected chi connectivity index (χ2v) is 4.46. The Hall–Kier alpha value is -2.89. The summed E-state index contributed by atoms with van der Waals surface area (Å²) in [7, 11) is 0. The third-order valence-electron chi connectivity index (χ3n) is 2.99. The van der Waals surface area contributed by atoms with Gasteiger partial charge in [-0.2, -0.15) is 5.10 Å². The summed E-state index contributed by atoms with van der Waals surface area (Å²) in [6.07, 6.45) is 1.44. The standard InChI is InChI=1S/C16H14FN3O2/c17-13-6-2-4-8-15(13)22-10-9-21-14-7-3-1-5-12(14)16-18-11-19-20-16/h1-8,11H,9-10H2,(H,18,19,20). The highest BCUT2D eigenvalue weighted by atomic mass is 19.1. The Morgan fingerprint density at radius 2 is 1.59 bits per heavy atom. The fourth-order valence-electron chi connectivity index (χ4n) is 1.99. The minimum absolute atomic E-state index is 0.217. The van der Waals surface area contributed by atoms with Crippen LogP contribution in [0.25, 0.3) is 11.4 Å². The van der Waals surface area contributed by atoms with E-state index in [1.807, 2.05) is 24.3 Å². The van der Waals surface area contributed by atoms with E-state index in [1.165, 1.54) is 12.4 Å². The van der Waals surface area contributed by atoms with Crippen LogP contribution in [0.5, 0.6) is 11.5 Å². The second kappa shape index (κ2) is 6.71. The molecule has 0 saturated heterocycles. The molecular formula is C16H14FN3O2. The zero-order valence-electron chi connectivity index (χ0n) is 11.7. The second-order valence-electron chi connectivity index (χ2n) is 4.46. The summed E-state index contributed by atoms with van der Waals surface area (Å²) in [5.41, 5.74) is 0.811. The molecule has 0 amide bonds. The van der Waals surface area contributed by atoms with Crippen molar-refractivity contribution in [2.75, 3.05) is 13.2 Å². The summed E-state index contributed by atoms with van der Waals surface area (Å²) in [5.74, 6) is 1.13. The molecule has 2 aromatic carbocycles. The Morgan fingerprint density at radius 3 is 2.32 bits per heavy atom. The summed E-state index contributed by atoms with van der Waals surface area (Å²) in [6.45, 7) is 0.533. The molecule has 0 atom stereocenters. The molecule has 6 heteroatoms. The van der Waals surface area contributed by atoms with Crippen LogP contribution < -0.4 is 9.47 Å². The summed E-state index contributed by atoms with van der Waals surface area (Å²) < 4.78 is 24.4. The first-order valence-electron chi connectivity index (χ1n) is 6.79. The number of halogens is 1. The fraction of sp³-hybridized carbons (Fsp3) is 0.125. The summed E-state index contributed by atoms with van der Waals surface area (Å²) >= 11 is 0. The van der Waals surface area contributed by atoms with Crippen molar-refractivity contribution in [2.45, 2.75) is 0 Å². The Bertz CT molecular complexity index is 732. The van der Waals surface area contributed by atoms with Crippen molar-refractivity contribution in [3.05, 3.63) is 60.7 Å². The highest BCUT2D eigenvalue weighted by Gasteiger charge is 2.08. The lowest BCUT2D eigenvalue weighted by molar-refractivity contribution is 0.212. The Kier molecular flexibility index (Phi) is 4.29. The van der Waals surface area contributed by atoms with E-state index in [1.54, 1.807) is 18.2 Å². The third-order valence-corrected chi connectivity index (χ3v) is 2.99. The minimum Gasteiger partial charge on any atom is -0.489 e. The Labute approximate surface area is 126 Å². The lowest BCUT2D eigenvalue weighted by Crippen LogP contribution is -2.10. The van der Waals surface area contributed by atoms with E-state index < -0.39 is 0 Å². The van der Waals surface area contributed by atoms with Crippen molar-refractivity contribution >= 4 is 0 Å². The van der Waals surface area contributed by atoms with Crippen molar-refractivity contribution in [1.29, 1.82) is 0 Å². The van der Waals surface area contributed by atoms with Gasteiger partial charge < -0.3 is 9.47 Å². The topological polar surface area (TPSA) is 60.0 Å². The molecule has 3 aromatic rings. The lowest BCUT2D eigenvalue weighted by Gasteiger charge is -2.11. The van der Waals surface area contributed by atoms with Crippen molar-refractivity contribution in [2.24, 2.45) is 0 Å². The molecule has 112 valence electrons. The van der Waals surface area contributed by atoms with Gasteiger partial charge in [0.25, 0.3) is 0 Å². The van der Waals surface area contributed by atoms with Gasteiger partial charge >= 0.3 is 0 Å². The zero-order chi connectivity index (χ0) is 15.2. The summed E-state index contributed by atoms with van der Waals surface area (Å²) in [5, 5.41) is 6.62. The van der Waals surface area contributed by atoms with E-state index in [0.717, 1.165) is 5.56 Å². The number of H-pyrrole nitrogens is 1. The molecule has 0 unspecified atom stereocenters. The van der Waals surface area contributed by atoms with Crippen LogP contribution in [0.3, 0.4) is 0 Å². The molecule has 0 fully saturated rings. The van der Waals surface area contributed by atoms with E-state index in [0.29, 0.717) is 18.2 Å². The van der Waals surface area contributed by atoms with Gasteiger partial charge in [0, 0.05) is 0 Å². The molecule has 0 aliphatic heterocycles. The van der Waals surface area contributed by atoms with Crippen LogP contribution in [0.2, 0.25) is 0 Å². The Balaban J connectivity index is 1.60. The monoisotopic (exact) mass is 299 g/mol. The normalized spacial score (nSPS) is 10.4. The summed E-state index contributed by atoms with van der Waals surface area (Å²) in [6, 6.07) is 13.8. The summed E-state index contributed by atoms with van der Waals surface area (Å²) in [4.78, 5) is 4.11. The highest BCUT2D eigenvalue weighted by molar-refractivity contribution is 5.63. The van der Waals surface area contributed by atoms with Gasteiger partial charge in [-0.15, -0.1) is 0 Å². The first kappa shape index (κ1) is 14.1. The number of nitrogens with one attached hydrogen (secondary N) is 1. The highest BCUT2D eigenvalue weighted by Crippen LogP contribution is 2.26. The predicted molar refractivity (Wildman–Crippen MR) is 79.2 cm³/mol. The first-order chi connectivity index (χ1) is 10.8. The van der Waals surface area contributed by atoms with Crippen LogP contribution in [0.4, 0.5) is 4.39 Å². The largest absolute Gasteiger partial charge is 0.489 e. The van der Waals surface area contributed by atoms with Gasteiger partial charge in [-0.05, 0) is 24.3 Å². The van der Waals surface area contributed by atoms with Crippen molar-refractivity contribution in [3.63, 3.8) is 0 Å². The number of benzene rings is 2. The number of hydrogen-bond acceptors (Lipinski definition) is 4. The van der Waals surface area contributed by atoms with Crippen LogP contribution in [0, 0.1) is 5.82 Å². The van der Waals surface area contributed by atoms with Gasteiger partial charge in [-0.1, -0.05) is 24.3 Å². The van der Waals surface area contributed by atoms with Gasteiger partial charge in [-0.25, -0.2) is 9.37 Å². The quantitative estimate of drug-likeness (QED) is 0.711. The van der Waals surface area contributed by atoms with Gasteiger partial charge in [-0.3, -0.25) is 5.10 Å². The third kappa shape index (κ3) is 3.22. The SMILES string of the molecule is Fc1ccccc1OCCOc1ccccc1-c1ncn[nH]1. The number of aromatic amines is 1. The van der Waals surface area contributed by atoms with Crippen LogP contribution in [0.1, 0.15) is 0 Å². The molecule has 1 N–H and O–H groups in total. The van der Waals surface area contributed by atoms with Crippen LogP contribution in [-0.4, -0.2) is 28.4 Å². The van der Waals surface area contributed by atoms with Gasteiger partial charge in [0.15, 0.2) is 17.4 Å². The molecule has 0 spiro atoms. The molecule has 1 heterocycles. The van der Waals surface area contributed by atoms with Gasteiger partial charge in [0.1, 0.15) is 25.3 Å². The van der Waals surface area contributed by atoms with Gasteiger partial charge in [0.05, 0.1) is 5.56 Å². The smallest absolute Gasteiger partial charge is 0.165 e. The maximum Gasteiger partial charge on any atom is 0.165 e. The van der Waals surface area contributed by atoms with E-state index in [-0.39, 0.29) is 18.2 Å². The van der Waals surface area contributed by atoms with E-state index >= 15 is 0 Å². The zero-order valence-corrected chi connectivity index (χ0v) is 11.7. The number of rotatable bonds is 6. The van der Waals surface area contributed by atoms with Crippen molar-refractivity contribution in [1.82, 2.24) is 15.2 Å². The average molecular weight is 299 g/mol. The number of hydrogen-bond donors (Lipinski definition) is 1. The Morgan fingerprint density at radius 1 is 0.909 bits per heavy atom. The van der Waals surface area contributed by atoms with Crippen molar-refractivity contribution < 1.29 is 13.9 Å². The predicted octanol–water partition coefficient (Wildman–Crippen LogP) is 3.07. The number of ether oxygens (including phenoxy) is 2. The lowest BCUT2D eigenvalue weighted by atomic mass is 10.2. The number of aromatic nitrogens is 3. The average Bonchev–Trinajstić information content (AvgIpc) is 3.08. The minimum atomic E-state index is -0.385. The van der Waals surface area contributed by atoms with Crippen LogP contribution in [0.15, 0.2) is 54.9 Å². The van der Waals surface area contributed by atoms with Crippen molar-refractivity contribution in [3.8, 4) is 22.9 Å². The van der Waals surface area contributed by atoms with Crippen LogP contribution in [-0.2, 0) is 0 Å². The van der Waals surface area contributed by atoms with Gasteiger partial charge in [0.2, 0.25) is 0 Å². The molecule has 0 saturated carbocycles. The molecule has 0 bridgehead atoms. The maximum atomic E-state index is 13.4. The molecule has 5 nitrogen and oxygen atoms in total. The fourth-order valence-corrected chi connectivity index (χ4v) is 1.99. The first-order valence-corrected chi connectivity index (χ1v) is 6.79. The van der Waals surface area contributed by atoms with E-state index in [2.05, 4.69) is 15.2 Å². The van der Waals surface area contributed by atoms with E-state index in [9.17, 15) is 4.39 Å². The molecule has 0 radical (unpaired) electrons. The molecule has 3 rings (SSSR count). The molecule has 1 aromatic heterocycles. The molecular weight excluding hydrogens is 285 g/mol.